The number of pyridine rings is 1. The number of sulfonamides is 1. The van der Waals surface area contributed by atoms with Crippen molar-refractivity contribution >= 4 is 21.4 Å². The molecule has 0 saturated carbocycles. The fourth-order valence-electron chi connectivity index (χ4n) is 2.24. The van der Waals surface area contributed by atoms with Gasteiger partial charge in [0.25, 0.3) is 10.0 Å². The lowest BCUT2D eigenvalue weighted by Crippen LogP contribution is -2.14. The lowest BCUT2D eigenvalue weighted by atomic mass is 10.4. The van der Waals surface area contributed by atoms with E-state index in [0.29, 0.717) is 11.4 Å². The van der Waals surface area contributed by atoms with Gasteiger partial charge in [0.15, 0.2) is 10.7 Å². The van der Waals surface area contributed by atoms with Crippen LogP contribution in [0, 0.1) is 20.8 Å². The molecule has 0 unspecified atom stereocenters. The molecule has 0 aliphatic heterocycles. The molecule has 0 bridgehead atoms. The maximum Gasteiger partial charge on any atom is 0.267 e. The van der Waals surface area contributed by atoms with E-state index in [1.165, 1.54) is 0 Å². The average molecular weight is 306 g/mol. The summed E-state index contributed by atoms with van der Waals surface area (Å²) >= 11 is 0. The van der Waals surface area contributed by atoms with Crippen LogP contribution in [0.3, 0.4) is 0 Å². The fourth-order valence-corrected chi connectivity index (χ4v) is 3.62. The number of fused-ring (bicyclic) bond motifs is 1. The number of nitrogens with one attached hydrogen (secondary N) is 1. The average Bonchev–Trinajstić information content (AvgIpc) is 2.90. The van der Waals surface area contributed by atoms with Crippen LogP contribution in [-0.4, -0.2) is 23.0 Å². The highest BCUT2D eigenvalue weighted by Crippen LogP contribution is 2.22. The van der Waals surface area contributed by atoms with Gasteiger partial charge in [0.05, 0.1) is 11.4 Å². The van der Waals surface area contributed by atoms with E-state index < -0.39 is 10.0 Å². The summed E-state index contributed by atoms with van der Waals surface area (Å²) in [5.74, 6) is 0.263. The van der Waals surface area contributed by atoms with Crippen molar-refractivity contribution in [1.29, 1.82) is 0 Å². The van der Waals surface area contributed by atoms with E-state index in [0.717, 1.165) is 11.3 Å². The smallest absolute Gasteiger partial charge is 0.267 e. The third-order valence-electron chi connectivity index (χ3n) is 3.06. The van der Waals surface area contributed by atoms with E-state index in [2.05, 4.69) is 14.9 Å². The molecule has 0 aliphatic carbocycles. The lowest BCUT2D eigenvalue weighted by Gasteiger charge is -2.07. The third-order valence-corrected chi connectivity index (χ3v) is 4.69. The van der Waals surface area contributed by atoms with Crippen LogP contribution in [0.1, 0.15) is 17.1 Å². The van der Waals surface area contributed by atoms with Crippen molar-refractivity contribution in [2.45, 2.75) is 25.7 Å². The molecular weight excluding hydrogens is 292 g/mol. The highest BCUT2D eigenvalue weighted by Gasteiger charge is 2.24. The van der Waals surface area contributed by atoms with Crippen molar-refractivity contribution in [3.8, 4) is 0 Å². The zero-order valence-corrected chi connectivity index (χ0v) is 12.6. The van der Waals surface area contributed by atoms with Gasteiger partial charge in [0.2, 0.25) is 0 Å². The number of hydrogen-bond acceptors (Lipinski definition) is 5. The minimum Gasteiger partial charge on any atom is -0.360 e. The minimum absolute atomic E-state index is 0.0735. The highest BCUT2D eigenvalue weighted by atomic mass is 32.2. The summed E-state index contributed by atoms with van der Waals surface area (Å²) in [6.45, 7) is 5.03. The fraction of sp³-hybridized carbons (Fsp3) is 0.231. The van der Waals surface area contributed by atoms with Crippen LogP contribution in [0.5, 0.6) is 0 Å². The Kier molecular flexibility index (Phi) is 2.98. The number of rotatable bonds is 3. The van der Waals surface area contributed by atoms with Crippen LogP contribution >= 0.6 is 0 Å². The Balaban J connectivity index is 2.01. The lowest BCUT2D eigenvalue weighted by molar-refractivity contribution is 0.390. The van der Waals surface area contributed by atoms with E-state index in [4.69, 9.17) is 4.52 Å². The molecule has 0 aromatic carbocycles. The Morgan fingerprint density at radius 2 is 1.95 bits per heavy atom. The number of aromatic nitrogens is 3. The van der Waals surface area contributed by atoms with Crippen LogP contribution in [-0.2, 0) is 10.0 Å². The van der Waals surface area contributed by atoms with Crippen LogP contribution in [0.15, 0.2) is 33.9 Å². The van der Waals surface area contributed by atoms with Crippen molar-refractivity contribution < 1.29 is 12.9 Å². The Morgan fingerprint density at radius 3 is 2.62 bits per heavy atom. The van der Waals surface area contributed by atoms with E-state index in [1.54, 1.807) is 36.6 Å². The molecule has 0 spiro atoms. The van der Waals surface area contributed by atoms with Crippen LogP contribution < -0.4 is 4.72 Å². The summed E-state index contributed by atoms with van der Waals surface area (Å²) in [6.07, 6.45) is 3.49. The zero-order valence-electron chi connectivity index (χ0n) is 11.8. The Bertz CT molecular complexity index is 905. The molecule has 3 aromatic heterocycles. The molecule has 3 rings (SSSR count). The second-order valence-corrected chi connectivity index (χ2v) is 6.44. The highest BCUT2D eigenvalue weighted by molar-refractivity contribution is 7.92. The summed E-state index contributed by atoms with van der Waals surface area (Å²) in [4.78, 5) is 4.36. The van der Waals surface area contributed by atoms with Gasteiger partial charge in [0, 0.05) is 12.4 Å². The predicted molar refractivity (Wildman–Crippen MR) is 76.7 cm³/mol. The first-order valence-corrected chi connectivity index (χ1v) is 7.76. The van der Waals surface area contributed by atoms with Crippen molar-refractivity contribution in [3.05, 3.63) is 41.7 Å². The first kappa shape index (κ1) is 13.6. The first-order valence-electron chi connectivity index (χ1n) is 6.28. The quantitative estimate of drug-likeness (QED) is 0.800. The molecule has 0 aliphatic rings. The zero-order chi connectivity index (χ0) is 15.2. The standard InChI is InChI=1S/C13H14N4O3S/c1-8-6-17-7-11(4-5-12(17)14-8)16-21(18,19)13-9(2)15-20-10(13)3/h4-7,16H,1-3H3. The Morgan fingerprint density at radius 1 is 1.19 bits per heavy atom. The molecule has 3 heterocycles. The summed E-state index contributed by atoms with van der Waals surface area (Å²) in [6, 6.07) is 3.41. The third kappa shape index (κ3) is 2.38. The molecule has 21 heavy (non-hydrogen) atoms. The number of aryl methyl sites for hydroxylation is 3. The summed E-state index contributed by atoms with van der Waals surface area (Å²) in [5.41, 5.74) is 2.40. The van der Waals surface area contributed by atoms with Gasteiger partial charge in [-0.1, -0.05) is 5.16 Å². The Labute approximate surface area is 121 Å². The van der Waals surface area contributed by atoms with E-state index >= 15 is 0 Å². The summed E-state index contributed by atoms with van der Waals surface area (Å²) < 4.78 is 34.0. The van der Waals surface area contributed by atoms with Crippen molar-refractivity contribution in [3.63, 3.8) is 0 Å². The minimum atomic E-state index is -3.73. The van der Waals surface area contributed by atoms with Crippen LogP contribution in [0.25, 0.3) is 5.65 Å². The number of imidazole rings is 1. The molecule has 7 nitrogen and oxygen atoms in total. The van der Waals surface area contributed by atoms with Crippen LogP contribution in [0.4, 0.5) is 5.69 Å². The number of nitrogens with zero attached hydrogens (tertiary/aromatic N) is 3. The number of anilines is 1. The molecule has 8 heteroatoms. The molecule has 0 fully saturated rings. The predicted octanol–water partition coefficient (Wildman–Crippen LogP) is 2.05. The molecule has 0 saturated heterocycles. The topological polar surface area (TPSA) is 89.5 Å². The molecule has 110 valence electrons. The monoisotopic (exact) mass is 306 g/mol. The van der Waals surface area contributed by atoms with Gasteiger partial charge in [-0.3, -0.25) is 4.72 Å². The van der Waals surface area contributed by atoms with Gasteiger partial charge in [0.1, 0.15) is 11.3 Å². The molecule has 1 N–H and O–H groups in total. The van der Waals surface area contributed by atoms with Crippen molar-refractivity contribution in [2.75, 3.05) is 4.72 Å². The van der Waals surface area contributed by atoms with Gasteiger partial charge >= 0.3 is 0 Å². The Hall–Kier alpha value is -2.35. The van der Waals surface area contributed by atoms with Crippen molar-refractivity contribution in [2.24, 2.45) is 0 Å². The maximum atomic E-state index is 12.4. The van der Waals surface area contributed by atoms with E-state index in [9.17, 15) is 8.42 Å². The van der Waals surface area contributed by atoms with Gasteiger partial charge in [-0.25, -0.2) is 13.4 Å². The van der Waals surface area contributed by atoms with Crippen LogP contribution in [0.2, 0.25) is 0 Å². The molecule has 3 aromatic rings. The largest absolute Gasteiger partial charge is 0.360 e. The van der Waals surface area contributed by atoms with Gasteiger partial charge < -0.3 is 8.92 Å². The van der Waals surface area contributed by atoms with E-state index in [1.807, 2.05) is 13.1 Å². The van der Waals surface area contributed by atoms with Gasteiger partial charge in [-0.15, -0.1) is 0 Å². The SMILES string of the molecule is Cc1cn2cc(NS(=O)(=O)c3c(C)noc3C)ccc2n1. The van der Waals surface area contributed by atoms with Crippen molar-refractivity contribution in [1.82, 2.24) is 14.5 Å². The first-order chi connectivity index (χ1) is 9.87. The summed E-state index contributed by atoms with van der Waals surface area (Å²) in [7, 11) is -3.73. The second kappa shape index (κ2) is 4.59. The maximum absolute atomic E-state index is 12.4. The van der Waals surface area contributed by atoms with E-state index in [-0.39, 0.29) is 10.7 Å². The molecule has 0 radical (unpaired) electrons. The number of hydrogen-bond donors (Lipinski definition) is 1. The summed E-state index contributed by atoms with van der Waals surface area (Å²) in [5, 5.41) is 3.67. The second-order valence-electron chi connectivity index (χ2n) is 4.82. The molecule has 0 atom stereocenters. The van der Waals surface area contributed by atoms with Gasteiger partial charge in [-0.2, -0.15) is 0 Å². The normalized spacial score (nSPS) is 12.0. The van der Waals surface area contributed by atoms with Gasteiger partial charge in [-0.05, 0) is 32.9 Å². The molecule has 0 amide bonds. The molecular formula is C13H14N4O3S.